The van der Waals surface area contributed by atoms with Gasteiger partial charge in [-0.3, -0.25) is 9.78 Å². The van der Waals surface area contributed by atoms with Gasteiger partial charge in [-0.1, -0.05) is 29.8 Å². The van der Waals surface area contributed by atoms with Crippen molar-refractivity contribution in [2.24, 2.45) is 0 Å². The summed E-state index contributed by atoms with van der Waals surface area (Å²) in [5, 5.41) is 2.75. The van der Waals surface area contributed by atoms with E-state index in [-0.39, 0.29) is 16.5 Å². The van der Waals surface area contributed by atoms with Crippen LogP contribution in [-0.2, 0) is 21.4 Å². The molecule has 1 aromatic carbocycles. The van der Waals surface area contributed by atoms with Crippen LogP contribution in [0, 0.1) is 0 Å². The van der Waals surface area contributed by atoms with Gasteiger partial charge in [0.2, 0.25) is 15.9 Å². The number of amides is 1. The summed E-state index contributed by atoms with van der Waals surface area (Å²) < 4.78 is 26.8. The number of carbonyl (C=O) groups is 1. The molecule has 23 heavy (non-hydrogen) atoms. The highest BCUT2D eigenvalue weighted by Crippen LogP contribution is 2.20. The van der Waals surface area contributed by atoms with Gasteiger partial charge in [0.1, 0.15) is 4.90 Å². The number of halogens is 1. The molecule has 0 aliphatic rings. The SMILES string of the molecule is C[C@H](NS(=O)(=O)c1ccccc1Cl)C(=O)NCc1cccnc1. The normalized spacial score (nSPS) is 12.6. The van der Waals surface area contributed by atoms with Crippen LogP contribution in [0.2, 0.25) is 5.02 Å². The van der Waals surface area contributed by atoms with Gasteiger partial charge in [-0.15, -0.1) is 0 Å². The standard InChI is InChI=1S/C15H16ClN3O3S/c1-11(15(20)18-10-12-5-4-8-17-9-12)19-23(21,22)14-7-3-2-6-13(14)16/h2-9,11,19H,10H2,1H3,(H,18,20)/t11-/m0/s1. The smallest absolute Gasteiger partial charge is 0.242 e. The number of benzene rings is 1. The number of nitrogens with one attached hydrogen (secondary N) is 2. The van der Waals surface area contributed by atoms with Crippen LogP contribution >= 0.6 is 11.6 Å². The van der Waals surface area contributed by atoms with Crippen LogP contribution < -0.4 is 10.0 Å². The lowest BCUT2D eigenvalue weighted by Crippen LogP contribution is -2.44. The van der Waals surface area contributed by atoms with Gasteiger partial charge in [0, 0.05) is 18.9 Å². The molecule has 0 spiro atoms. The second-order valence-electron chi connectivity index (χ2n) is 4.85. The Balaban J connectivity index is 1.99. The number of aromatic nitrogens is 1. The Morgan fingerprint density at radius 3 is 2.65 bits per heavy atom. The van der Waals surface area contributed by atoms with Gasteiger partial charge in [0.25, 0.3) is 0 Å². The summed E-state index contributed by atoms with van der Waals surface area (Å²) in [6, 6.07) is 8.68. The number of pyridine rings is 1. The molecule has 0 fully saturated rings. The quantitative estimate of drug-likeness (QED) is 0.827. The molecule has 122 valence electrons. The molecule has 1 heterocycles. The van der Waals surface area contributed by atoms with Crippen molar-refractivity contribution >= 4 is 27.5 Å². The average Bonchev–Trinajstić information content (AvgIpc) is 2.53. The van der Waals surface area contributed by atoms with E-state index in [0.29, 0.717) is 0 Å². The zero-order valence-electron chi connectivity index (χ0n) is 12.4. The van der Waals surface area contributed by atoms with Crippen LogP contribution in [0.5, 0.6) is 0 Å². The predicted octanol–water partition coefficient (Wildman–Crippen LogP) is 1.72. The summed E-state index contributed by atoms with van der Waals surface area (Å²) in [5.74, 6) is -0.440. The van der Waals surface area contributed by atoms with E-state index in [1.165, 1.54) is 19.1 Å². The van der Waals surface area contributed by atoms with Crippen LogP contribution in [0.3, 0.4) is 0 Å². The number of sulfonamides is 1. The largest absolute Gasteiger partial charge is 0.351 e. The molecule has 2 aromatic rings. The number of carbonyl (C=O) groups excluding carboxylic acids is 1. The van der Waals surface area contributed by atoms with E-state index in [2.05, 4.69) is 15.0 Å². The lowest BCUT2D eigenvalue weighted by molar-refractivity contribution is -0.122. The van der Waals surface area contributed by atoms with Crippen molar-refractivity contribution in [3.8, 4) is 0 Å². The molecule has 6 nitrogen and oxygen atoms in total. The average molecular weight is 354 g/mol. The molecule has 8 heteroatoms. The lowest BCUT2D eigenvalue weighted by Gasteiger charge is -2.15. The molecule has 0 aliphatic carbocycles. The van der Waals surface area contributed by atoms with Gasteiger partial charge in [-0.2, -0.15) is 4.72 Å². The molecule has 0 radical (unpaired) electrons. The summed E-state index contributed by atoms with van der Waals surface area (Å²) in [7, 11) is -3.87. The molecule has 1 aromatic heterocycles. The second kappa shape index (κ2) is 7.54. The first-order valence-electron chi connectivity index (χ1n) is 6.83. The molecule has 0 bridgehead atoms. The van der Waals surface area contributed by atoms with Gasteiger partial charge in [0.05, 0.1) is 11.1 Å². The van der Waals surface area contributed by atoms with E-state index in [1.807, 2.05) is 6.07 Å². The van der Waals surface area contributed by atoms with Crippen molar-refractivity contribution in [3.63, 3.8) is 0 Å². The van der Waals surface area contributed by atoms with Crippen LogP contribution in [0.25, 0.3) is 0 Å². The first-order chi connectivity index (χ1) is 10.9. The van der Waals surface area contributed by atoms with Crippen LogP contribution in [0.15, 0.2) is 53.7 Å². The number of hydrogen-bond acceptors (Lipinski definition) is 4. The first kappa shape index (κ1) is 17.4. The summed E-state index contributed by atoms with van der Waals surface area (Å²) in [4.78, 5) is 15.9. The van der Waals surface area contributed by atoms with E-state index in [1.54, 1.807) is 30.6 Å². The highest BCUT2D eigenvalue weighted by atomic mass is 35.5. The fraction of sp³-hybridized carbons (Fsp3) is 0.200. The first-order valence-corrected chi connectivity index (χ1v) is 8.70. The highest BCUT2D eigenvalue weighted by Gasteiger charge is 2.23. The predicted molar refractivity (Wildman–Crippen MR) is 87.3 cm³/mol. The Kier molecular flexibility index (Phi) is 5.70. The van der Waals surface area contributed by atoms with E-state index in [9.17, 15) is 13.2 Å². The second-order valence-corrected chi connectivity index (χ2v) is 6.94. The van der Waals surface area contributed by atoms with Gasteiger partial charge in [0.15, 0.2) is 0 Å². The van der Waals surface area contributed by atoms with Gasteiger partial charge in [-0.25, -0.2) is 8.42 Å². The third-order valence-electron chi connectivity index (χ3n) is 3.04. The summed E-state index contributed by atoms with van der Waals surface area (Å²) in [6.45, 7) is 1.73. The number of hydrogen-bond donors (Lipinski definition) is 2. The zero-order valence-corrected chi connectivity index (χ0v) is 13.9. The summed E-state index contributed by atoms with van der Waals surface area (Å²) in [6.07, 6.45) is 3.25. The number of nitrogens with zero attached hydrogens (tertiary/aromatic N) is 1. The highest BCUT2D eigenvalue weighted by molar-refractivity contribution is 7.89. The molecular weight excluding hydrogens is 338 g/mol. The Morgan fingerprint density at radius 1 is 1.26 bits per heavy atom. The maximum Gasteiger partial charge on any atom is 0.242 e. The van der Waals surface area contributed by atoms with Crippen molar-refractivity contribution in [3.05, 3.63) is 59.4 Å². The Hall–Kier alpha value is -1.96. The monoisotopic (exact) mass is 353 g/mol. The third kappa shape index (κ3) is 4.75. The van der Waals surface area contributed by atoms with Crippen LogP contribution in [0.1, 0.15) is 12.5 Å². The van der Waals surface area contributed by atoms with Gasteiger partial charge >= 0.3 is 0 Å². The van der Waals surface area contributed by atoms with E-state index in [0.717, 1.165) is 5.56 Å². The Labute approximate surface area is 139 Å². The fourth-order valence-corrected chi connectivity index (χ4v) is 3.58. The van der Waals surface area contributed by atoms with Crippen molar-refractivity contribution in [2.75, 3.05) is 0 Å². The molecule has 0 aliphatic heterocycles. The molecule has 1 amide bonds. The molecule has 0 saturated heterocycles. The van der Waals surface area contributed by atoms with Gasteiger partial charge < -0.3 is 5.32 Å². The molecule has 1 atom stereocenters. The minimum absolute atomic E-state index is 0.0615. The third-order valence-corrected chi connectivity index (χ3v) is 5.08. The van der Waals surface area contributed by atoms with Crippen molar-refractivity contribution < 1.29 is 13.2 Å². The number of rotatable bonds is 6. The molecule has 0 saturated carbocycles. The molecule has 2 rings (SSSR count). The Bertz CT molecular complexity index is 782. The van der Waals surface area contributed by atoms with Crippen molar-refractivity contribution in [1.29, 1.82) is 0 Å². The maximum atomic E-state index is 12.3. The topological polar surface area (TPSA) is 88.2 Å². The molecule has 2 N–H and O–H groups in total. The zero-order chi connectivity index (χ0) is 16.9. The Morgan fingerprint density at radius 2 is 2.00 bits per heavy atom. The molecular formula is C15H16ClN3O3S. The minimum atomic E-state index is -3.87. The lowest BCUT2D eigenvalue weighted by atomic mass is 10.2. The minimum Gasteiger partial charge on any atom is -0.351 e. The molecule has 0 unspecified atom stereocenters. The fourth-order valence-electron chi connectivity index (χ4n) is 1.86. The van der Waals surface area contributed by atoms with Crippen molar-refractivity contribution in [1.82, 2.24) is 15.0 Å². The van der Waals surface area contributed by atoms with Crippen LogP contribution in [0.4, 0.5) is 0 Å². The van der Waals surface area contributed by atoms with E-state index < -0.39 is 22.0 Å². The maximum absolute atomic E-state index is 12.3. The summed E-state index contributed by atoms with van der Waals surface area (Å²) >= 11 is 5.89. The summed E-state index contributed by atoms with van der Waals surface area (Å²) in [5.41, 5.74) is 0.821. The van der Waals surface area contributed by atoms with E-state index >= 15 is 0 Å². The van der Waals surface area contributed by atoms with Gasteiger partial charge in [-0.05, 0) is 30.7 Å². The van der Waals surface area contributed by atoms with Crippen LogP contribution in [-0.4, -0.2) is 25.4 Å². The van der Waals surface area contributed by atoms with E-state index in [4.69, 9.17) is 11.6 Å². The van der Waals surface area contributed by atoms with Crippen molar-refractivity contribution in [2.45, 2.75) is 24.4 Å².